The maximum Gasteiger partial charge on any atom is 0.328 e. The minimum atomic E-state index is -1.21. The molecule has 8 heteroatoms. The molecule has 1 aliphatic rings. The molecule has 1 unspecified atom stereocenters. The zero-order valence-corrected chi connectivity index (χ0v) is 14.2. The van der Waals surface area contributed by atoms with Crippen molar-refractivity contribution in [2.75, 3.05) is 0 Å². The molecule has 1 aromatic carbocycles. The number of carbonyl (C=O) groups is 3. The van der Waals surface area contributed by atoms with Crippen LogP contribution in [0.5, 0.6) is 0 Å². The zero-order chi connectivity index (χ0) is 17.9. The van der Waals surface area contributed by atoms with Gasteiger partial charge >= 0.3 is 11.9 Å². The van der Waals surface area contributed by atoms with Crippen LogP contribution in [0.2, 0.25) is 0 Å². The monoisotopic (exact) mass is 352 g/mol. The first-order chi connectivity index (χ1) is 11.2. The highest BCUT2D eigenvalue weighted by Crippen LogP contribution is 2.39. The highest BCUT2D eigenvalue weighted by molar-refractivity contribution is 8.01. The number of hydrogen-bond acceptors (Lipinski definition) is 5. The fraction of sp³-hybridized carbons (Fsp3) is 0.438. The van der Waals surface area contributed by atoms with Crippen LogP contribution in [-0.4, -0.2) is 50.3 Å². The average Bonchev–Trinajstić information content (AvgIpc) is 2.81. The van der Waals surface area contributed by atoms with E-state index in [2.05, 4.69) is 10.6 Å². The highest BCUT2D eigenvalue weighted by atomic mass is 32.2. The van der Waals surface area contributed by atoms with Gasteiger partial charge in [-0.15, -0.1) is 11.8 Å². The molecule has 1 heterocycles. The molecule has 4 N–H and O–H groups in total. The largest absolute Gasteiger partial charge is 0.480 e. The van der Waals surface area contributed by atoms with E-state index >= 15 is 0 Å². The molecule has 7 nitrogen and oxygen atoms in total. The Morgan fingerprint density at radius 2 is 1.88 bits per heavy atom. The molecule has 1 fully saturated rings. The third-order valence-electron chi connectivity index (χ3n) is 3.80. The van der Waals surface area contributed by atoms with E-state index in [1.54, 1.807) is 38.1 Å². The first kappa shape index (κ1) is 18.3. The van der Waals surface area contributed by atoms with Gasteiger partial charge in [-0.05, 0) is 19.4 Å². The van der Waals surface area contributed by atoms with E-state index in [0.717, 1.165) is 5.56 Å². The highest BCUT2D eigenvalue weighted by Gasteiger charge is 2.49. The maximum atomic E-state index is 12.1. The number of aliphatic carboxylic acids is 2. The minimum absolute atomic E-state index is 0.0633. The Morgan fingerprint density at radius 3 is 2.38 bits per heavy atom. The Bertz CT molecular complexity index is 635. The van der Waals surface area contributed by atoms with Crippen molar-refractivity contribution in [1.82, 2.24) is 10.6 Å². The van der Waals surface area contributed by atoms with Crippen molar-refractivity contribution in [1.29, 1.82) is 0 Å². The van der Waals surface area contributed by atoms with Crippen LogP contribution in [0, 0.1) is 0 Å². The molecule has 24 heavy (non-hydrogen) atoms. The van der Waals surface area contributed by atoms with Crippen molar-refractivity contribution in [2.45, 2.75) is 42.5 Å². The Balaban J connectivity index is 2.06. The molecular formula is C16H20N2O5S. The van der Waals surface area contributed by atoms with Crippen LogP contribution in [0.3, 0.4) is 0 Å². The van der Waals surface area contributed by atoms with E-state index in [4.69, 9.17) is 0 Å². The normalized spacial score (nSPS) is 23.4. The number of rotatable bonds is 6. The van der Waals surface area contributed by atoms with E-state index in [1.807, 2.05) is 6.07 Å². The molecule has 0 radical (unpaired) electrons. The quantitative estimate of drug-likeness (QED) is 0.595. The van der Waals surface area contributed by atoms with Crippen LogP contribution >= 0.6 is 11.8 Å². The first-order valence-corrected chi connectivity index (χ1v) is 8.31. The summed E-state index contributed by atoms with van der Waals surface area (Å²) in [5, 5.41) is 23.2. The lowest BCUT2D eigenvalue weighted by Gasteiger charge is -2.22. The van der Waals surface area contributed by atoms with Gasteiger partial charge in [-0.3, -0.25) is 14.9 Å². The van der Waals surface area contributed by atoms with Crippen LogP contribution in [0.25, 0.3) is 0 Å². The van der Waals surface area contributed by atoms with Crippen molar-refractivity contribution in [3.05, 3.63) is 35.9 Å². The number of hydrogen-bond donors (Lipinski definition) is 4. The van der Waals surface area contributed by atoms with Crippen molar-refractivity contribution in [2.24, 2.45) is 0 Å². The number of thioether (sulfide) groups is 1. The summed E-state index contributed by atoms with van der Waals surface area (Å²) in [5.41, 5.74) is 0.773. The number of nitrogens with one attached hydrogen (secondary N) is 2. The van der Waals surface area contributed by atoms with Crippen molar-refractivity contribution < 1.29 is 24.6 Å². The molecule has 1 saturated heterocycles. The summed E-state index contributed by atoms with van der Waals surface area (Å²) < 4.78 is -0.686. The van der Waals surface area contributed by atoms with Gasteiger partial charge in [0.05, 0.1) is 11.8 Å². The Hall–Kier alpha value is -2.06. The second kappa shape index (κ2) is 7.23. The number of benzene rings is 1. The molecule has 0 aromatic heterocycles. The van der Waals surface area contributed by atoms with Crippen molar-refractivity contribution >= 4 is 29.6 Å². The lowest BCUT2D eigenvalue weighted by molar-refractivity contribution is -0.143. The number of carboxylic acids is 2. The molecule has 0 aliphatic carbocycles. The second-order valence-corrected chi connectivity index (χ2v) is 7.92. The van der Waals surface area contributed by atoms with Crippen LogP contribution < -0.4 is 10.6 Å². The van der Waals surface area contributed by atoms with Gasteiger partial charge in [0, 0.05) is 4.75 Å². The summed E-state index contributed by atoms with van der Waals surface area (Å²) in [7, 11) is 0. The first-order valence-electron chi connectivity index (χ1n) is 7.43. The summed E-state index contributed by atoms with van der Waals surface area (Å²) in [6, 6.07) is 6.88. The summed E-state index contributed by atoms with van der Waals surface area (Å²) in [6.07, 6.45) is 0.0633. The summed E-state index contributed by atoms with van der Waals surface area (Å²) >= 11 is 1.20. The average molecular weight is 352 g/mol. The summed E-state index contributed by atoms with van der Waals surface area (Å²) in [4.78, 5) is 35.0. The Labute approximate surface area is 143 Å². The predicted molar refractivity (Wildman–Crippen MR) is 89.7 cm³/mol. The van der Waals surface area contributed by atoms with Gasteiger partial charge in [0.15, 0.2) is 6.04 Å². The lowest BCUT2D eigenvalue weighted by Crippen LogP contribution is -2.54. The van der Waals surface area contributed by atoms with Gasteiger partial charge in [-0.2, -0.15) is 0 Å². The molecule has 130 valence electrons. The lowest BCUT2D eigenvalue weighted by atomic mass is 10.0. The van der Waals surface area contributed by atoms with Gasteiger partial charge in [0.25, 0.3) is 0 Å². The zero-order valence-electron chi connectivity index (χ0n) is 13.4. The molecule has 1 aliphatic heterocycles. The molecular weight excluding hydrogens is 332 g/mol. The van der Waals surface area contributed by atoms with Gasteiger partial charge in [0.1, 0.15) is 6.04 Å². The Morgan fingerprint density at radius 1 is 1.25 bits per heavy atom. The number of carboxylic acid groups (broad SMARTS) is 2. The summed E-state index contributed by atoms with van der Waals surface area (Å²) in [5.74, 6) is -2.68. The third kappa shape index (κ3) is 4.27. The third-order valence-corrected chi connectivity index (χ3v) is 5.30. The molecule has 2 rings (SSSR count). The van der Waals surface area contributed by atoms with E-state index in [1.165, 1.54) is 11.8 Å². The van der Waals surface area contributed by atoms with Gasteiger partial charge in [0.2, 0.25) is 5.91 Å². The van der Waals surface area contributed by atoms with Gasteiger partial charge in [-0.1, -0.05) is 30.3 Å². The van der Waals surface area contributed by atoms with Crippen LogP contribution in [-0.2, 0) is 20.8 Å². The van der Waals surface area contributed by atoms with Crippen LogP contribution in [0.4, 0.5) is 0 Å². The van der Waals surface area contributed by atoms with E-state index in [-0.39, 0.29) is 6.42 Å². The molecule has 1 amide bonds. The Kier molecular flexibility index (Phi) is 5.51. The molecule has 3 atom stereocenters. The fourth-order valence-electron chi connectivity index (χ4n) is 2.60. The second-order valence-electron chi connectivity index (χ2n) is 6.13. The van der Waals surface area contributed by atoms with Gasteiger partial charge < -0.3 is 15.5 Å². The number of amides is 1. The minimum Gasteiger partial charge on any atom is -0.480 e. The molecule has 0 saturated carbocycles. The standard InChI is InChI=1S/C16H20N2O5S/c1-16(2)12(15(22)23)18-13(24-16)11(14(20)21)17-10(19)8-9-6-4-3-5-7-9/h3-7,11-13,18H,8H2,1-2H3,(H,17,19)(H,20,21)(H,22,23)/t11-,12-,13?/m0/s1. The van der Waals surface area contributed by atoms with Crippen LogP contribution in [0.1, 0.15) is 19.4 Å². The predicted octanol–water partition coefficient (Wildman–Crippen LogP) is 0.693. The smallest absolute Gasteiger partial charge is 0.328 e. The molecule has 0 bridgehead atoms. The summed E-state index contributed by atoms with van der Waals surface area (Å²) in [6.45, 7) is 3.46. The maximum absolute atomic E-state index is 12.1. The topological polar surface area (TPSA) is 116 Å². The van der Waals surface area contributed by atoms with Crippen LogP contribution in [0.15, 0.2) is 30.3 Å². The van der Waals surface area contributed by atoms with E-state index in [9.17, 15) is 24.6 Å². The van der Waals surface area contributed by atoms with Gasteiger partial charge in [-0.25, -0.2) is 4.79 Å². The SMILES string of the molecule is CC1(C)SC([C@H](NC(=O)Cc2ccccc2)C(=O)O)N[C@H]1C(=O)O. The molecule has 0 spiro atoms. The van der Waals surface area contributed by atoms with E-state index < -0.39 is 40.1 Å². The number of carbonyl (C=O) groups excluding carboxylic acids is 1. The fourth-order valence-corrected chi connectivity index (χ4v) is 4.08. The van der Waals surface area contributed by atoms with Crippen molar-refractivity contribution in [3.8, 4) is 0 Å². The molecule has 1 aromatic rings. The van der Waals surface area contributed by atoms with Crippen molar-refractivity contribution in [3.63, 3.8) is 0 Å². The van der Waals surface area contributed by atoms with E-state index in [0.29, 0.717) is 0 Å².